The first kappa shape index (κ1) is 24.6. The van der Waals surface area contributed by atoms with Crippen LogP contribution >= 0.6 is 0 Å². The molecule has 0 unspecified atom stereocenters. The largest absolute Gasteiger partial charge is 0.490 e. The number of amides is 4. The van der Waals surface area contributed by atoms with Gasteiger partial charge in [-0.05, 0) is 69.0 Å². The summed E-state index contributed by atoms with van der Waals surface area (Å²) in [4.78, 5) is 39.7. The summed E-state index contributed by atoms with van der Waals surface area (Å²) >= 11 is 0. The summed E-state index contributed by atoms with van der Waals surface area (Å²) in [6, 6.07) is 10.2. The molecule has 1 aliphatic heterocycles. The van der Waals surface area contributed by atoms with Crippen LogP contribution in [0.15, 0.2) is 36.4 Å². The van der Waals surface area contributed by atoms with Gasteiger partial charge in [-0.1, -0.05) is 25.3 Å². The first-order chi connectivity index (χ1) is 17.0. The minimum atomic E-state index is -0.373. The molecule has 8 heteroatoms. The molecule has 4 amide bonds. The zero-order valence-corrected chi connectivity index (χ0v) is 20.4. The predicted molar refractivity (Wildman–Crippen MR) is 133 cm³/mol. The molecule has 0 atom stereocenters. The third kappa shape index (κ3) is 5.58. The van der Waals surface area contributed by atoms with Crippen molar-refractivity contribution in [1.29, 1.82) is 0 Å². The quantitative estimate of drug-likeness (QED) is 0.505. The van der Waals surface area contributed by atoms with Crippen molar-refractivity contribution in [3.8, 4) is 11.5 Å². The number of urea groups is 1. The Morgan fingerprint density at radius 3 is 2.37 bits per heavy atom. The van der Waals surface area contributed by atoms with E-state index in [1.165, 1.54) is 4.90 Å². The predicted octanol–water partition coefficient (Wildman–Crippen LogP) is 4.78. The van der Waals surface area contributed by atoms with Gasteiger partial charge in [-0.3, -0.25) is 14.5 Å². The Labute approximate surface area is 206 Å². The lowest BCUT2D eigenvalue weighted by Gasteiger charge is -2.29. The molecule has 0 radical (unpaired) electrons. The van der Waals surface area contributed by atoms with Gasteiger partial charge in [-0.2, -0.15) is 0 Å². The minimum absolute atomic E-state index is 0.0262. The van der Waals surface area contributed by atoms with E-state index in [-0.39, 0.29) is 23.9 Å². The van der Waals surface area contributed by atoms with Crippen LogP contribution in [0.25, 0.3) is 0 Å². The molecule has 0 saturated heterocycles. The number of carbonyl (C=O) groups excluding carboxylic acids is 3. The van der Waals surface area contributed by atoms with Crippen LogP contribution in [0.5, 0.6) is 11.5 Å². The first-order valence-electron chi connectivity index (χ1n) is 12.5. The van der Waals surface area contributed by atoms with Gasteiger partial charge in [0.1, 0.15) is 0 Å². The van der Waals surface area contributed by atoms with Gasteiger partial charge in [-0.15, -0.1) is 0 Å². The summed E-state index contributed by atoms with van der Waals surface area (Å²) < 4.78 is 11.2. The van der Waals surface area contributed by atoms with Crippen molar-refractivity contribution < 1.29 is 23.9 Å². The Balaban J connectivity index is 1.33. The summed E-state index contributed by atoms with van der Waals surface area (Å²) in [6.45, 7) is 5.36. The average molecular weight is 480 g/mol. The van der Waals surface area contributed by atoms with Crippen molar-refractivity contribution in [1.82, 2.24) is 10.2 Å². The fourth-order valence-electron chi connectivity index (χ4n) is 4.75. The van der Waals surface area contributed by atoms with Crippen LogP contribution in [0.2, 0.25) is 0 Å². The Hall–Kier alpha value is -3.55. The number of nitrogens with zero attached hydrogens (tertiary/aromatic N) is 1. The molecule has 0 bridgehead atoms. The first-order valence-corrected chi connectivity index (χ1v) is 12.5. The van der Waals surface area contributed by atoms with Crippen LogP contribution in [0.3, 0.4) is 0 Å². The molecule has 8 nitrogen and oxygen atoms in total. The number of rotatable bonds is 9. The van der Waals surface area contributed by atoms with Gasteiger partial charge in [-0.25, -0.2) is 4.79 Å². The van der Waals surface area contributed by atoms with E-state index in [1.807, 2.05) is 32.0 Å². The molecule has 186 valence electrons. The molecule has 2 aromatic rings. The Morgan fingerprint density at radius 1 is 0.914 bits per heavy atom. The Morgan fingerprint density at radius 2 is 1.63 bits per heavy atom. The van der Waals surface area contributed by atoms with Crippen LogP contribution in [0.4, 0.5) is 10.5 Å². The maximum Gasteiger partial charge on any atom is 0.319 e. The number of carbonyl (C=O) groups is 3. The molecule has 1 saturated carbocycles. The molecular formula is C27H33N3O5. The summed E-state index contributed by atoms with van der Waals surface area (Å²) in [7, 11) is 0. The fourth-order valence-corrected chi connectivity index (χ4v) is 4.75. The zero-order valence-electron chi connectivity index (χ0n) is 20.4. The molecule has 1 fully saturated rings. The smallest absolute Gasteiger partial charge is 0.319 e. The van der Waals surface area contributed by atoms with Gasteiger partial charge in [0, 0.05) is 18.3 Å². The zero-order chi connectivity index (χ0) is 24.8. The molecule has 2 aromatic carbocycles. The number of benzene rings is 2. The molecule has 0 aromatic heterocycles. The van der Waals surface area contributed by atoms with Crippen molar-refractivity contribution in [2.45, 2.75) is 58.4 Å². The van der Waals surface area contributed by atoms with Crippen molar-refractivity contribution in [2.75, 3.05) is 25.1 Å². The van der Waals surface area contributed by atoms with Crippen LogP contribution in [0.1, 0.15) is 72.2 Å². The molecule has 35 heavy (non-hydrogen) atoms. The minimum Gasteiger partial charge on any atom is -0.490 e. The van der Waals surface area contributed by atoms with Gasteiger partial charge in [0.25, 0.3) is 11.8 Å². The van der Waals surface area contributed by atoms with Crippen LogP contribution < -0.4 is 20.1 Å². The lowest BCUT2D eigenvalue weighted by molar-refractivity contribution is 0.0549. The van der Waals surface area contributed by atoms with E-state index in [0.29, 0.717) is 54.5 Å². The number of anilines is 1. The van der Waals surface area contributed by atoms with Crippen molar-refractivity contribution >= 4 is 23.5 Å². The topological polar surface area (TPSA) is 97.0 Å². The second kappa shape index (κ2) is 11.3. The van der Waals surface area contributed by atoms with E-state index in [4.69, 9.17) is 9.47 Å². The lowest BCUT2D eigenvalue weighted by atomic mass is 9.94. The lowest BCUT2D eigenvalue weighted by Crippen LogP contribution is -2.40. The van der Waals surface area contributed by atoms with Crippen LogP contribution in [0, 0.1) is 0 Å². The van der Waals surface area contributed by atoms with Crippen molar-refractivity contribution in [3.63, 3.8) is 0 Å². The second-order valence-electron chi connectivity index (χ2n) is 8.81. The Kier molecular flexibility index (Phi) is 7.90. The molecule has 2 aliphatic rings. The molecule has 4 rings (SSSR count). The van der Waals surface area contributed by atoms with E-state index in [0.717, 1.165) is 37.7 Å². The van der Waals surface area contributed by atoms with E-state index >= 15 is 0 Å². The van der Waals surface area contributed by atoms with Crippen LogP contribution in [-0.4, -0.2) is 48.5 Å². The third-order valence-electron chi connectivity index (χ3n) is 6.42. The Bertz CT molecular complexity index is 1090. The van der Waals surface area contributed by atoms with Gasteiger partial charge < -0.3 is 20.1 Å². The molecule has 0 spiro atoms. The maximum absolute atomic E-state index is 13.0. The van der Waals surface area contributed by atoms with E-state index < -0.39 is 0 Å². The molecule has 2 N–H and O–H groups in total. The molecule has 1 aliphatic carbocycles. The third-order valence-corrected chi connectivity index (χ3v) is 6.42. The number of hydrogen-bond acceptors (Lipinski definition) is 5. The highest BCUT2D eigenvalue weighted by Gasteiger charge is 2.40. The van der Waals surface area contributed by atoms with Crippen LogP contribution in [-0.2, 0) is 6.42 Å². The van der Waals surface area contributed by atoms with Gasteiger partial charge in [0.05, 0.1) is 24.3 Å². The summed E-state index contributed by atoms with van der Waals surface area (Å²) in [5, 5.41) is 5.60. The molecule has 1 heterocycles. The fraction of sp³-hybridized carbons (Fsp3) is 0.444. The number of nitrogens with one attached hydrogen (secondary N) is 2. The number of fused-ring (bicyclic) bond motifs is 1. The normalized spacial score (nSPS) is 15.7. The van der Waals surface area contributed by atoms with Crippen molar-refractivity contribution in [3.05, 3.63) is 53.1 Å². The van der Waals surface area contributed by atoms with E-state index in [2.05, 4.69) is 10.6 Å². The number of ether oxygens (including phenoxy) is 2. The van der Waals surface area contributed by atoms with E-state index in [9.17, 15) is 14.4 Å². The highest BCUT2D eigenvalue weighted by molar-refractivity contribution is 6.22. The SMILES string of the molecule is CCOc1ccc(CCNC(=O)Nc2ccc3c(c2)C(=O)N(C2CCCCC2)C3=O)cc1OCC. The van der Waals surface area contributed by atoms with Gasteiger partial charge in [0.15, 0.2) is 11.5 Å². The standard InChI is InChI=1S/C27H33N3O5/c1-3-34-23-13-10-18(16-24(23)35-4-2)14-15-28-27(33)29-19-11-12-21-22(17-19)26(32)30(25(21)31)20-8-6-5-7-9-20/h10-13,16-17,20H,3-9,14-15H2,1-2H3,(H2,28,29,33). The summed E-state index contributed by atoms with van der Waals surface area (Å²) in [6.07, 6.45) is 5.56. The maximum atomic E-state index is 13.0. The number of imide groups is 1. The van der Waals surface area contributed by atoms with E-state index in [1.54, 1.807) is 18.2 Å². The summed E-state index contributed by atoms with van der Waals surface area (Å²) in [5.41, 5.74) is 2.26. The average Bonchev–Trinajstić information content (AvgIpc) is 3.10. The highest BCUT2D eigenvalue weighted by Crippen LogP contribution is 2.32. The highest BCUT2D eigenvalue weighted by atomic mass is 16.5. The molecular weight excluding hydrogens is 446 g/mol. The summed E-state index contributed by atoms with van der Waals surface area (Å²) in [5.74, 6) is 0.905. The second-order valence-corrected chi connectivity index (χ2v) is 8.81. The number of hydrogen-bond donors (Lipinski definition) is 2. The monoisotopic (exact) mass is 479 g/mol. The van der Waals surface area contributed by atoms with Crippen molar-refractivity contribution in [2.24, 2.45) is 0 Å². The van der Waals surface area contributed by atoms with Gasteiger partial charge in [0.2, 0.25) is 0 Å². The van der Waals surface area contributed by atoms with Gasteiger partial charge >= 0.3 is 6.03 Å².